The summed E-state index contributed by atoms with van der Waals surface area (Å²) in [5.74, 6) is -0.668. The van der Waals surface area contributed by atoms with Crippen molar-refractivity contribution in [3.8, 4) is 40.1 Å². The molecule has 0 saturated carbocycles. The Morgan fingerprint density at radius 1 is 0.581 bits per heavy atom. The molecule has 0 aliphatic carbocycles. The fourth-order valence-corrected chi connectivity index (χ4v) is 6.43. The second-order valence-electron chi connectivity index (χ2n) is 10.9. The number of carbonyl (C=O) groups excluding carboxylic acids is 2. The van der Waals surface area contributed by atoms with Gasteiger partial charge in [0.15, 0.2) is 0 Å². The largest absolute Gasteiger partial charge is 0.307 e. The van der Waals surface area contributed by atoms with Crippen LogP contribution in [0.3, 0.4) is 0 Å². The fraction of sp³-hybridized carbons (Fsp3) is 0.0811. The van der Waals surface area contributed by atoms with E-state index in [4.69, 9.17) is 0 Å². The Morgan fingerprint density at radius 3 is 1.56 bits per heavy atom. The lowest BCUT2D eigenvalue weighted by Crippen LogP contribution is -2.24. The Bertz CT molecular complexity index is 2170. The summed E-state index contributed by atoms with van der Waals surface area (Å²) >= 11 is 0. The minimum absolute atomic E-state index is 0.325. The predicted molar refractivity (Wildman–Crippen MR) is 167 cm³/mol. The lowest BCUT2D eigenvalue weighted by Gasteiger charge is -2.17. The summed E-state index contributed by atoms with van der Waals surface area (Å²) in [5.41, 5.74) is 10.1. The molecule has 43 heavy (non-hydrogen) atoms. The lowest BCUT2D eigenvalue weighted by atomic mass is 9.95. The van der Waals surface area contributed by atoms with Crippen LogP contribution < -0.4 is 0 Å². The van der Waals surface area contributed by atoms with Gasteiger partial charge in [0, 0.05) is 28.9 Å². The maximum absolute atomic E-state index is 13.6. The average Bonchev–Trinajstić information content (AvgIpc) is 3.48. The van der Waals surface area contributed by atoms with Crippen LogP contribution in [0.5, 0.6) is 0 Å². The zero-order valence-corrected chi connectivity index (χ0v) is 23.8. The third-order valence-corrected chi connectivity index (χ3v) is 8.44. The van der Waals surface area contributed by atoms with Crippen molar-refractivity contribution in [1.29, 1.82) is 10.5 Å². The van der Waals surface area contributed by atoms with Crippen molar-refractivity contribution in [2.45, 2.75) is 13.8 Å². The van der Waals surface area contributed by atoms with Gasteiger partial charge >= 0.3 is 0 Å². The molecule has 6 heteroatoms. The minimum Gasteiger partial charge on any atom is -0.307 e. The highest BCUT2D eigenvalue weighted by Crippen LogP contribution is 2.44. The van der Waals surface area contributed by atoms with Crippen LogP contribution in [-0.4, -0.2) is 28.3 Å². The smallest absolute Gasteiger partial charge is 0.263 e. The first kappa shape index (κ1) is 26.0. The number of hydrogen-bond acceptors (Lipinski definition) is 4. The first-order valence-corrected chi connectivity index (χ1v) is 13.9. The molecule has 0 N–H and O–H groups in total. The number of carbonyl (C=O) groups is 2. The van der Waals surface area contributed by atoms with Gasteiger partial charge in [0.05, 0.1) is 51.1 Å². The number of amides is 2. The van der Waals surface area contributed by atoms with E-state index in [9.17, 15) is 20.1 Å². The molecule has 204 valence electrons. The number of imide groups is 1. The van der Waals surface area contributed by atoms with Gasteiger partial charge in [-0.15, -0.1) is 0 Å². The van der Waals surface area contributed by atoms with Crippen molar-refractivity contribution in [3.63, 3.8) is 0 Å². The third-order valence-electron chi connectivity index (χ3n) is 8.44. The molecule has 0 bridgehead atoms. The zero-order valence-electron chi connectivity index (χ0n) is 23.8. The number of rotatable bonds is 3. The molecule has 2 heterocycles. The zero-order chi connectivity index (χ0) is 30.0. The molecule has 0 saturated heterocycles. The number of para-hydroxylation sites is 2. The van der Waals surface area contributed by atoms with E-state index in [1.807, 2.05) is 74.5 Å². The summed E-state index contributed by atoms with van der Waals surface area (Å²) < 4.78 is 2.12. The molecule has 0 fully saturated rings. The van der Waals surface area contributed by atoms with E-state index in [1.54, 1.807) is 6.07 Å². The van der Waals surface area contributed by atoms with Crippen molar-refractivity contribution in [2.24, 2.45) is 0 Å². The maximum atomic E-state index is 13.6. The van der Waals surface area contributed by atoms with Crippen LogP contribution in [0.4, 0.5) is 0 Å². The van der Waals surface area contributed by atoms with Gasteiger partial charge in [0.2, 0.25) is 0 Å². The van der Waals surface area contributed by atoms with Gasteiger partial charge in [-0.2, -0.15) is 10.5 Å². The molecular weight excluding hydrogens is 532 g/mol. The number of fused-ring (bicyclic) bond motifs is 4. The maximum Gasteiger partial charge on any atom is 0.263 e. The standard InChI is InChI=1S/C37H24N4O2/c1-21-17-23(19-38)13-15-25(21)27-7-4-9-29-30-10-5-8-28(26-16-14-24(20-39)18-22(26)2)35(30)41(34(27)29)32-12-6-11-31-33(32)37(43)40(3)36(31)42/h4-18H,1-3H3. The molecule has 6 aromatic rings. The van der Waals surface area contributed by atoms with Gasteiger partial charge in [0.25, 0.3) is 11.8 Å². The molecule has 0 radical (unpaired) electrons. The van der Waals surface area contributed by atoms with Crippen molar-refractivity contribution in [3.05, 3.63) is 124 Å². The molecule has 6 nitrogen and oxygen atoms in total. The van der Waals surface area contributed by atoms with Crippen molar-refractivity contribution in [1.82, 2.24) is 9.47 Å². The fourth-order valence-electron chi connectivity index (χ4n) is 6.43. The molecule has 1 aromatic heterocycles. The second kappa shape index (κ2) is 9.55. The number of hydrogen-bond donors (Lipinski definition) is 0. The molecule has 1 aliphatic rings. The quantitative estimate of drug-likeness (QED) is 0.209. The Morgan fingerprint density at radius 2 is 1.07 bits per heavy atom. The van der Waals surface area contributed by atoms with Crippen molar-refractivity contribution >= 4 is 33.6 Å². The van der Waals surface area contributed by atoms with E-state index in [0.717, 1.165) is 55.2 Å². The van der Waals surface area contributed by atoms with Gasteiger partial charge < -0.3 is 4.57 Å². The molecule has 0 spiro atoms. The highest BCUT2D eigenvalue weighted by molar-refractivity contribution is 6.24. The van der Waals surface area contributed by atoms with E-state index in [2.05, 4.69) is 41.0 Å². The van der Waals surface area contributed by atoms with E-state index < -0.39 is 0 Å². The van der Waals surface area contributed by atoms with Crippen LogP contribution in [-0.2, 0) is 0 Å². The molecule has 7 rings (SSSR count). The number of benzene rings is 5. The van der Waals surface area contributed by atoms with E-state index >= 15 is 0 Å². The number of aromatic nitrogens is 1. The molecule has 1 aliphatic heterocycles. The predicted octanol–water partition coefficient (Wildman–Crippen LogP) is 7.70. The van der Waals surface area contributed by atoms with Crippen molar-refractivity contribution < 1.29 is 9.59 Å². The van der Waals surface area contributed by atoms with Crippen LogP contribution in [0.2, 0.25) is 0 Å². The summed E-state index contributed by atoms with van der Waals surface area (Å²) in [6.07, 6.45) is 0. The molecule has 5 aromatic carbocycles. The van der Waals surface area contributed by atoms with Crippen LogP contribution in [0.1, 0.15) is 43.0 Å². The summed E-state index contributed by atoms with van der Waals surface area (Å²) in [5, 5.41) is 21.0. The third kappa shape index (κ3) is 3.71. The van der Waals surface area contributed by atoms with Gasteiger partial charge in [-0.25, -0.2) is 0 Å². The average molecular weight is 557 g/mol. The van der Waals surface area contributed by atoms with Crippen LogP contribution in [0.25, 0.3) is 49.7 Å². The Balaban J connectivity index is 1.69. The number of aryl methyl sites for hydroxylation is 2. The highest BCUT2D eigenvalue weighted by atomic mass is 16.2. The Hall–Kier alpha value is -5.98. The van der Waals surface area contributed by atoms with Crippen LogP contribution >= 0.6 is 0 Å². The Labute approximate surface area is 248 Å². The Kier molecular flexibility index (Phi) is 5.76. The van der Waals surface area contributed by atoms with E-state index in [0.29, 0.717) is 27.9 Å². The first-order chi connectivity index (χ1) is 20.8. The summed E-state index contributed by atoms with van der Waals surface area (Å²) in [6, 6.07) is 33.5. The second-order valence-corrected chi connectivity index (χ2v) is 10.9. The van der Waals surface area contributed by atoms with E-state index in [-0.39, 0.29) is 11.8 Å². The van der Waals surface area contributed by atoms with E-state index in [1.165, 1.54) is 11.9 Å². The molecule has 0 unspecified atom stereocenters. The molecule has 2 amide bonds. The summed E-state index contributed by atoms with van der Waals surface area (Å²) in [4.78, 5) is 27.8. The first-order valence-electron chi connectivity index (χ1n) is 13.9. The topological polar surface area (TPSA) is 89.9 Å². The van der Waals surface area contributed by atoms with Gasteiger partial charge in [-0.05, 0) is 72.5 Å². The van der Waals surface area contributed by atoms with Gasteiger partial charge in [0.1, 0.15) is 0 Å². The number of nitrogens with zero attached hydrogens (tertiary/aromatic N) is 4. The van der Waals surface area contributed by atoms with Crippen LogP contribution in [0, 0.1) is 36.5 Å². The highest BCUT2D eigenvalue weighted by Gasteiger charge is 2.36. The van der Waals surface area contributed by atoms with Gasteiger partial charge in [-0.1, -0.05) is 54.6 Å². The van der Waals surface area contributed by atoms with Crippen molar-refractivity contribution in [2.75, 3.05) is 7.05 Å². The normalized spacial score (nSPS) is 12.5. The lowest BCUT2D eigenvalue weighted by molar-refractivity contribution is 0.0693. The monoisotopic (exact) mass is 556 g/mol. The number of nitriles is 2. The SMILES string of the molecule is Cc1cc(C#N)ccc1-c1cccc2c3cccc(-c4ccc(C#N)cc4C)c3n(-c3cccc4c3C(=O)N(C)C4=O)c12. The minimum atomic E-state index is -0.343. The summed E-state index contributed by atoms with van der Waals surface area (Å²) in [6.45, 7) is 3.98. The van der Waals surface area contributed by atoms with Crippen LogP contribution in [0.15, 0.2) is 91.0 Å². The summed E-state index contributed by atoms with van der Waals surface area (Å²) in [7, 11) is 1.51. The molecule has 0 atom stereocenters. The van der Waals surface area contributed by atoms with Gasteiger partial charge in [-0.3, -0.25) is 14.5 Å². The molecular formula is C37H24N4O2.